The summed E-state index contributed by atoms with van der Waals surface area (Å²) in [5.74, 6) is -0.794. The summed E-state index contributed by atoms with van der Waals surface area (Å²) >= 11 is 0. The third-order valence-corrected chi connectivity index (χ3v) is 3.32. The molecule has 0 radical (unpaired) electrons. The quantitative estimate of drug-likeness (QED) is 0.753. The van der Waals surface area contributed by atoms with Crippen molar-refractivity contribution < 1.29 is 14.7 Å². The van der Waals surface area contributed by atoms with E-state index in [1.165, 1.54) is 5.56 Å². The van der Waals surface area contributed by atoms with Crippen LogP contribution in [0, 0.1) is 20.8 Å². The summed E-state index contributed by atoms with van der Waals surface area (Å²) in [5, 5.41) is 11.4. The number of carbonyl (C=O) groups is 2. The zero-order chi connectivity index (χ0) is 15.1. The lowest BCUT2D eigenvalue weighted by Crippen LogP contribution is -2.26. The van der Waals surface area contributed by atoms with Gasteiger partial charge in [0.25, 0.3) is 0 Å². The van der Waals surface area contributed by atoms with E-state index < -0.39 is 5.97 Å². The first-order valence-electron chi connectivity index (χ1n) is 6.95. The van der Waals surface area contributed by atoms with Crippen LogP contribution in [0.15, 0.2) is 12.1 Å². The molecule has 20 heavy (non-hydrogen) atoms. The zero-order valence-corrected chi connectivity index (χ0v) is 12.5. The molecule has 0 unspecified atom stereocenters. The van der Waals surface area contributed by atoms with E-state index in [-0.39, 0.29) is 12.3 Å². The minimum Gasteiger partial charge on any atom is -0.481 e. The van der Waals surface area contributed by atoms with Gasteiger partial charge in [-0.1, -0.05) is 17.7 Å². The third-order valence-electron chi connectivity index (χ3n) is 3.32. The fraction of sp³-hybridized carbons (Fsp3) is 0.500. The maximum Gasteiger partial charge on any atom is 0.303 e. The van der Waals surface area contributed by atoms with E-state index in [9.17, 15) is 9.59 Å². The van der Waals surface area contributed by atoms with Crippen molar-refractivity contribution >= 4 is 11.9 Å². The fourth-order valence-corrected chi connectivity index (χ4v) is 2.34. The Kier molecular flexibility index (Phi) is 6.22. The van der Waals surface area contributed by atoms with Crippen LogP contribution in [-0.4, -0.2) is 23.5 Å². The van der Waals surface area contributed by atoms with Crippen LogP contribution in [0.2, 0.25) is 0 Å². The number of carbonyl (C=O) groups excluding carboxylic acids is 1. The molecule has 0 saturated carbocycles. The molecule has 1 aromatic rings. The van der Waals surface area contributed by atoms with Crippen molar-refractivity contribution in [2.24, 2.45) is 0 Å². The highest BCUT2D eigenvalue weighted by Gasteiger charge is 2.09. The second kappa shape index (κ2) is 7.68. The highest BCUT2D eigenvalue weighted by Crippen LogP contribution is 2.16. The van der Waals surface area contributed by atoms with Crippen LogP contribution >= 0.6 is 0 Å². The number of benzene rings is 1. The highest BCUT2D eigenvalue weighted by molar-refractivity contribution is 5.79. The Balaban J connectivity index is 2.41. The van der Waals surface area contributed by atoms with Crippen molar-refractivity contribution in [3.8, 4) is 0 Å². The molecule has 0 saturated heterocycles. The van der Waals surface area contributed by atoms with Gasteiger partial charge in [0.2, 0.25) is 5.91 Å². The van der Waals surface area contributed by atoms with Gasteiger partial charge >= 0.3 is 5.97 Å². The number of carboxylic acid groups (broad SMARTS) is 1. The smallest absolute Gasteiger partial charge is 0.303 e. The molecular weight excluding hydrogens is 254 g/mol. The second-order valence-electron chi connectivity index (χ2n) is 5.25. The van der Waals surface area contributed by atoms with Gasteiger partial charge in [-0.25, -0.2) is 0 Å². The van der Waals surface area contributed by atoms with Crippen LogP contribution < -0.4 is 5.32 Å². The Labute approximate surface area is 120 Å². The Hall–Kier alpha value is -1.84. The molecule has 0 heterocycles. The molecule has 0 atom stereocenters. The van der Waals surface area contributed by atoms with Crippen molar-refractivity contribution in [2.45, 2.75) is 46.5 Å². The molecule has 0 spiro atoms. The zero-order valence-electron chi connectivity index (χ0n) is 12.5. The van der Waals surface area contributed by atoms with E-state index in [1.54, 1.807) is 0 Å². The molecule has 1 rings (SSSR count). The van der Waals surface area contributed by atoms with Crippen molar-refractivity contribution in [1.82, 2.24) is 5.32 Å². The molecule has 0 aromatic heterocycles. The molecule has 2 N–H and O–H groups in total. The summed E-state index contributed by atoms with van der Waals surface area (Å²) in [7, 11) is 0. The summed E-state index contributed by atoms with van der Waals surface area (Å²) in [6.45, 7) is 6.63. The lowest BCUT2D eigenvalue weighted by atomic mass is 9.97. The predicted octanol–water partition coefficient (Wildman–Crippen LogP) is 2.53. The van der Waals surface area contributed by atoms with Crippen molar-refractivity contribution in [1.29, 1.82) is 0 Å². The number of hydrogen-bond donors (Lipinski definition) is 2. The molecule has 0 aliphatic rings. The van der Waals surface area contributed by atoms with E-state index in [2.05, 4.69) is 17.4 Å². The van der Waals surface area contributed by atoms with E-state index in [4.69, 9.17) is 5.11 Å². The normalized spacial score (nSPS) is 10.3. The van der Waals surface area contributed by atoms with Gasteiger partial charge in [0.05, 0.1) is 6.42 Å². The van der Waals surface area contributed by atoms with Gasteiger partial charge in [-0.2, -0.15) is 0 Å². The Bertz CT molecular complexity index is 471. The van der Waals surface area contributed by atoms with Crippen LogP contribution in [0.1, 0.15) is 41.5 Å². The van der Waals surface area contributed by atoms with Gasteiger partial charge in [-0.3, -0.25) is 9.59 Å². The highest BCUT2D eigenvalue weighted by atomic mass is 16.4. The number of unbranched alkanes of at least 4 members (excludes halogenated alkanes) is 1. The molecule has 0 aliphatic heterocycles. The van der Waals surface area contributed by atoms with Crippen LogP contribution in [-0.2, 0) is 16.0 Å². The maximum atomic E-state index is 11.9. The monoisotopic (exact) mass is 277 g/mol. The van der Waals surface area contributed by atoms with Crippen LogP contribution in [0.25, 0.3) is 0 Å². The molecule has 0 aliphatic carbocycles. The summed E-state index contributed by atoms with van der Waals surface area (Å²) in [6, 6.07) is 4.17. The van der Waals surface area contributed by atoms with E-state index >= 15 is 0 Å². The van der Waals surface area contributed by atoms with Gasteiger partial charge in [0, 0.05) is 13.0 Å². The number of nitrogens with one attached hydrogen (secondary N) is 1. The first kappa shape index (κ1) is 16.2. The van der Waals surface area contributed by atoms with Crippen molar-refractivity contribution in [2.75, 3.05) is 6.54 Å². The lowest BCUT2D eigenvalue weighted by Gasteiger charge is -2.11. The van der Waals surface area contributed by atoms with Crippen molar-refractivity contribution in [3.63, 3.8) is 0 Å². The topological polar surface area (TPSA) is 66.4 Å². The minimum atomic E-state index is -0.790. The Morgan fingerprint density at radius 2 is 1.70 bits per heavy atom. The average molecular weight is 277 g/mol. The van der Waals surface area contributed by atoms with Gasteiger partial charge in [-0.05, 0) is 50.3 Å². The van der Waals surface area contributed by atoms with E-state index in [0.29, 0.717) is 25.8 Å². The maximum absolute atomic E-state index is 11.9. The number of hydrogen-bond acceptors (Lipinski definition) is 2. The number of aliphatic carboxylic acids is 1. The number of aryl methyl sites for hydroxylation is 3. The minimum absolute atomic E-state index is 0.00428. The van der Waals surface area contributed by atoms with E-state index in [1.807, 2.05) is 20.8 Å². The average Bonchev–Trinajstić information content (AvgIpc) is 2.33. The molecule has 1 amide bonds. The van der Waals surface area contributed by atoms with Gasteiger partial charge in [0.1, 0.15) is 0 Å². The van der Waals surface area contributed by atoms with Gasteiger partial charge in [0.15, 0.2) is 0 Å². The van der Waals surface area contributed by atoms with Gasteiger partial charge in [-0.15, -0.1) is 0 Å². The van der Waals surface area contributed by atoms with Crippen LogP contribution in [0.3, 0.4) is 0 Å². The van der Waals surface area contributed by atoms with Gasteiger partial charge < -0.3 is 10.4 Å². The van der Waals surface area contributed by atoms with E-state index in [0.717, 1.165) is 16.7 Å². The number of carboxylic acids is 1. The second-order valence-corrected chi connectivity index (χ2v) is 5.25. The SMILES string of the molecule is Cc1cc(C)c(CC(=O)NCCCCC(=O)O)c(C)c1. The van der Waals surface area contributed by atoms with Crippen molar-refractivity contribution in [3.05, 3.63) is 34.4 Å². The molecule has 4 nitrogen and oxygen atoms in total. The Morgan fingerprint density at radius 1 is 1.10 bits per heavy atom. The first-order chi connectivity index (χ1) is 9.40. The lowest BCUT2D eigenvalue weighted by molar-refractivity contribution is -0.137. The fourth-order valence-electron chi connectivity index (χ4n) is 2.34. The molecule has 4 heteroatoms. The molecule has 0 fully saturated rings. The number of amides is 1. The summed E-state index contributed by atoms with van der Waals surface area (Å²) in [6.07, 6.45) is 1.84. The Morgan fingerprint density at radius 3 is 2.25 bits per heavy atom. The number of rotatable bonds is 7. The molecule has 1 aromatic carbocycles. The van der Waals surface area contributed by atoms with Crippen LogP contribution in [0.4, 0.5) is 0 Å². The predicted molar refractivity (Wildman–Crippen MR) is 78.9 cm³/mol. The summed E-state index contributed by atoms with van der Waals surface area (Å²) < 4.78 is 0. The molecule has 0 bridgehead atoms. The molecule has 110 valence electrons. The summed E-state index contributed by atoms with van der Waals surface area (Å²) in [4.78, 5) is 22.2. The first-order valence-corrected chi connectivity index (χ1v) is 6.95. The van der Waals surface area contributed by atoms with Crippen LogP contribution in [0.5, 0.6) is 0 Å². The standard InChI is InChI=1S/C16H23NO3/c1-11-8-12(2)14(13(3)9-11)10-15(18)17-7-5-4-6-16(19)20/h8-9H,4-7,10H2,1-3H3,(H,17,18)(H,19,20). The third kappa shape index (κ3) is 5.43. The summed E-state index contributed by atoms with van der Waals surface area (Å²) in [5.41, 5.74) is 4.57. The molecular formula is C16H23NO3. The largest absolute Gasteiger partial charge is 0.481 e.